The van der Waals surface area contributed by atoms with Crippen LogP contribution in [0.1, 0.15) is 59.3 Å². The van der Waals surface area contributed by atoms with Crippen molar-refractivity contribution in [2.45, 2.75) is 44.6 Å². The number of rotatable bonds is 5. The normalized spacial score (nSPS) is 24.8. The van der Waals surface area contributed by atoms with Gasteiger partial charge in [-0.25, -0.2) is 4.98 Å². The zero-order chi connectivity index (χ0) is 16.2. The van der Waals surface area contributed by atoms with Crippen LogP contribution in [0.4, 0.5) is 0 Å². The summed E-state index contributed by atoms with van der Waals surface area (Å²) in [7, 11) is 0. The van der Waals surface area contributed by atoms with Crippen molar-refractivity contribution in [3.05, 3.63) is 16.1 Å². The highest BCUT2D eigenvalue weighted by Crippen LogP contribution is 2.32. The molecule has 7 heteroatoms. The molecule has 3 heterocycles. The molecule has 0 aliphatic carbocycles. The SMILES string of the molecule is O=C(O)CCC1CCCN(C(=O)c2cnc(C3CCCO3)s2)C1. The molecule has 126 valence electrons. The molecular weight excluding hydrogens is 316 g/mol. The molecule has 2 atom stereocenters. The van der Waals surface area contributed by atoms with Gasteiger partial charge in [0.2, 0.25) is 0 Å². The van der Waals surface area contributed by atoms with Crippen LogP contribution in [0.3, 0.4) is 0 Å². The Morgan fingerprint density at radius 1 is 1.39 bits per heavy atom. The van der Waals surface area contributed by atoms with Crippen molar-refractivity contribution in [3.8, 4) is 0 Å². The highest BCUT2D eigenvalue weighted by Gasteiger charge is 2.27. The molecule has 2 aliphatic heterocycles. The van der Waals surface area contributed by atoms with Crippen LogP contribution in [0.5, 0.6) is 0 Å². The molecule has 2 unspecified atom stereocenters. The van der Waals surface area contributed by atoms with Crippen molar-refractivity contribution in [1.82, 2.24) is 9.88 Å². The maximum atomic E-state index is 12.7. The molecule has 0 bridgehead atoms. The van der Waals surface area contributed by atoms with Crippen LogP contribution in [0, 0.1) is 5.92 Å². The number of thiazole rings is 1. The molecule has 2 fully saturated rings. The third-order valence-corrected chi connectivity index (χ3v) is 5.59. The summed E-state index contributed by atoms with van der Waals surface area (Å²) in [5.74, 6) is -0.460. The molecule has 2 saturated heterocycles. The highest BCUT2D eigenvalue weighted by molar-refractivity contribution is 7.13. The fourth-order valence-corrected chi connectivity index (χ4v) is 4.25. The number of nitrogens with zero attached hydrogens (tertiary/aromatic N) is 2. The van der Waals surface area contributed by atoms with Gasteiger partial charge in [-0.05, 0) is 38.0 Å². The summed E-state index contributed by atoms with van der Waals surface area (Å²) in [5.41, 5.74) is 0. The van der Waals surface area contributed by atoms with Gasteiger partial charge in [0.15, 0.2) is 0 Å². The molecule has 23 heavy (non-hydrogen) atoms. The van der Waals surface area contributed by atoms with Crippen molar-refractivity contribution < 1.29 is 19.4 Å². The molecule has 6 nitrogen and oxygen atoms in total. The number of carbonyl (C=O) groups is 2. The van der Waals surface area contributed by atoms with Crippen LogP contribution in [-0.4, -0.2) is 46.6 Å². The predicted molar refractivity (Wildman–Crippen MR) is 85.5 cm³/mol. The molecule has 2 aliphatic rings. The monoisotopic (exact) mass is 338 g/mol. The molecule has 0 aromatic carbocycles. The Balaban J connectivity index is 1.59. The van der Waals surface area contributed by atoms with Gasteiger partial charge in [0.05, 0.1) is 6.20 Å². The van der Waals surface area contributed by atoms with Gasteiger partial charge in [-0.1, -0.05) is 0 Å². The van der Waals surface area contributed by atoms with Gasteiger partial charge in [-0.3, -0.25) is 9.59 Å². The minimum absolute atomic E-state index is 0.0202. The molecule has 3 rings (SSSR count). The van der Waals surface area contributed by atoms with E-state index in [1.54, 1.807) is 6.20 Å². The van der Waals surface area contributed by atoms with Crippen LogP contribution in [-0.2, 0) is 9.53 Å². The van der Waals surface area contributed by atoms with Gasteiger partial charge in [0, 0.05) is 26.1 Å². The first kappa shape index (κ1) is 16.4. The first-order chi connectivity index (χ1) is 11.1. The number of aromatic nitrogens is 1. The number of likely N-dealkylation sites (tertiary alicyclic amines) is 1. The van der Waals surface area contributed by atoms with Gasteiger partial charge >= 0.3 is 5.97 Å². The summed E-state index contributed by atoms with van der Waals surface area (Å²) in [5, 5.41) is 9.70. The van der Waals surface area contributed by atoms with E-state index in [4.69, 9.17) is 9.84 Å². The van der Waals surface area contributed by atoms with E-state index in [1.165, 1.54) is 11.3 Å². The zero-order valence-electron chi connectivity index (χ0n) is 13.1. The van der Waals surface area contributed by atoms with E-state index in [0.29, 0.717) is 17.8 Å². The molecule has 1 amide bonds. The number of hydrogen-bond donors (Lipinski definition) is 1. The summed E-state index contributed by atoms with van der Waals surface area (Å²) in [6.07, 6.45) is 6.48. The van der Waals surface area contributed by atoms with Crippen LogP contribution in [0.25, 0.3) is 0 Å². The van der Waals surface area contributed by atoms with Gasteiger partial charge in [0.25, 0.3) is 5.91 Å². The number of carbonyl (C=O) groups excluding carboxylic acids is 1. The van der Waals surface area contributed by atoms with Crippen LogP contribution < -0.4 is 0 Å². The molecule has 1 N–H and O–H groups in total. The van der Waals surface area contributed by atoms with E-state index in [-0.39, 0.29) is 24.3 Å². The lowest BCUT2D eigenvalue weighted by molar-refractivity contribution is -0.137. The second-order valence-electron chi connectivity index (χ2n) is 6.26. The number of carboxylic acid groups (broad SMARTS) is 1. The van der Waals surface area contributed by atoms with Gasteiger partial charge < -0.3 is 14.7 Å². The van der Waals surface area contributed by atoms with Crippen LogP contribution in [0.2, 0.25) is 0 Å². The number of carboxylic acids is 1. The maximum absolute atomic E-state index is 12.7. The van der Waals surface area contributed by atoms with E-state index in [2.05, 4.69) is 4.98 Å². The van der Waals surface area contributed by atoms with Gasteiger partial charge in [-0.15, -0.1) is 11.3 Å². The van der Waals surface area contributed by atoms with Crippen LogP contribution >= 0.6 is 11.3 Å². The fraction of sp³-hybridized carbons (Fsp3) is 0.688. The summed E-state index contributed by atoms with van der Waals surface area (Å²) in [4.78, 5) is 30.2. The molecular formula is C16H22N2O4S. The third kappa shape index (κ3) is 4.09. The summed E-state index contributed by atoms with van der Waals surface area (Å²) in [6.45, 7) is 2.17. The third-order valence-electron chi connectivity index (χ3n) is 4.51. The van der Waals surface area contributed by atoms with E-state index in [0.717, 1.165) is 43.8 Å². The number of ether oxygens (including phenoxy) is 1. The number of aliphatic carboxylic acids is 1. The predicted octanol–water partition coefficient (Wildman–Crippen LogP) is 2.71. The standard InChI is InChI=1S/C16H22N2O4S/c19-14(20)6-5-11-3-1-7-18(10-11)16(21)13-9-17-15(23-13)12-4-2-8-22-12/h9,11-12H,1-8,10H2,(H,19,20). The molecule has 1 aromatic heterocycles. The second kappa shape index (κ2) is 7.40. The van der Waals surface area contributed by atoms with E-state index < -0.39 is 5.97 Å². The van der Waals surface area contributed by atoms with Crippen molar-refractivity contribution in [2.24, 2.45) is 5.92 Å². The average molecular weight is 338 g/mol. The molecule has 0 radical (unpaired) electrons. The minimum atomic E-state index is -0.767. The largest absolute Gasteiger partial charge is 0.481 e. The fourth-order valence-electron chi connectivity index (χ4n) is 3.28. The minimum Gasteiger partial charge on any atom is -0.481 e. The zero-order valence-corrected chi connectivity index (χ0v) is 13.9. The second-order valence-corrected chi connectivity index (χ2v) is 7.32. The van der Waals surface area contributed by atoms with Crippen molar-refractivity contribution in [2.75, 3.05) is 19.7 Å². The highest BCUT2D eigenvalue weighted by atomic mass is 32.1. The Morgan fingerprint density at radius 2 is 2.26 bits per heavy atom. The summed E-state index contributed by atoms with van der Waals surface area (Å²) >= 11 is 1.43. The van der Waals surface area contributed by atoms with Crippen LogP contribution in [0.15, 0.2) is 6.20 Å². The van der Waals surface area contributed by atoms with E-state index in [1.807, 2.05) is 4.90 Å². The first-order valence-electron chi connectivity index (χ1n) is 8.22. The number of hydrogen-bond acceptors (Lipinski definition) is 5. The molecule has 0 saturated carbocycles. The first-order valence-corrected chi connectivity index (χ1v) is 9.03. The smallest absolute Gasteiger partial charge is 0.303 e. The average Bonchev–Trinajstić information content (AvgIpc) is 3.23. The summed E-state index contributed by atoms with van der Waals surface area (Å²) < 4.78 is 5.62. The summed E-state index contributed by atoms with van der Waals surface area (Å²) in [6, 6.07) is 0. The Labute approximate surface area is 139 Å². The Bertz CT molecular complexity index is 568. The Kier molecular flexibility index (Phi) is 5.27. The van der Waals surface area contributed by atoms with Crippen molar-refractivity contribution >= 4 is 23.2 Å². The van der Waals surface area contributed by atoms with Crippen molar-refractivity contribution in [3.63, 3.8) is 0 Å². The number of amides is 1. The lowest BCUT2D eigenvalue weighted by Crippen LogP contribution is -2.39. The Hall–Kier alpha value is -1.47. The Morgan fingerprint density at radius 3 is 3.00 bits per heavy atom. The van der Waals surface area contributed by atoms with E-state index in [9.17, 15) is 9.59 Å². The van der Waals surface area contributed by atoms with E-state index >= 15 is 0 Å². The lowest BCUT2D eigenvalue weighted by Gasteiger charge is -2.32. The van der Waals surface area contributed by atoms with Crippen molar-refractivity contribution in [1.29, 1.82) is 0 Å². The van der Waals surface area contributed by atoms with Gasteiger partial charge in [-0.2, -0.15) is 0 Å². The number of piperidine rings is 1. The maximum Gasteiger partial charge on any atom is 0.303 e. The molecule has 1 aromatic rings. The molecule has 0 spiro atoms. The quantitative estimate of drug-likeness (QED) is 0.893. The topological polar surface area (TPSA) is 79.7 Å². The lowest BCUT2D eigenvalue weighted by atomic mass is 9.93. The van der Waals surface area contributed by atoms with Gasteiger partial charge in [0.1, 0.15) is 16.0 Å².